The van der Waals surface area contributed by atoms with Gasteiger partial charge in [0.15, 0.2) is 0 Å². The SMILES string of the molecule is Cc1ccc([N+](=O)[O-])c(NCCn2ccnc2)c1. The zero-order chi connectivity index (χ0) is 13.0. The Morgan fingerprint density at radius 2 is 2.33 bits per heavy atom. The number of nitrogens with zero attached hydrogens (tertiary/aromatic N) is 3. The molecule has 0 spiro atoms. The van der Waals surface area contributed by atoms with Gasteiger partial charge >= 0.3 is 0 Å². The van der Waals surface area contributed by atoms with Crippen LogP contribution in [0.1, 0.15) is 5.56 Å². The van der Waals surface area contributed by atoms with E-state index in [1.54, 1.807) is 24.7 Å². The molecule has 0 bridgehead atoms. The van der Waals surface area contributed by atoms with Crippen LogP contribution in [-0.4, -0.2) is 21.0 Å². The summed E-state index contributed by atoms with van der Waals surface area (Å²) in [4.78, 5) is 14.4. The highest BCUT2D eigenvalue weighted by Crippen LogP contribution is 2.24. The molecule has 0 atom stereocenters. The van der Waals surface area contributed by atoms with Crippen LogP contribution in [0, 0.1) is 17.0 Å². The van der Waals surface area contributed by atoms with E-state index in [1.165, 1.54) is 6.07 Å². The van der Waals surface area contributed by atoms with Crippen molar-refractivity contribution in [2.24, 2.45) is 0 Å². The minimum atomic E-state index is -0.376. The fourth-order valence-corrected chi connectivity index (χ4v) is 1.69. The van der Waals surface area contributed by atoms with Crippen molar-refractivity contribution in [1.82, 2.24) is 9.55 Å². The third-order valence-corrected chi connectivity index (χ3v) is 2.59. The van der Waals surface area contributed by atoms with E-state index in [0.29, 0.717) is 18.8 Å². The van der Waals surface area contributed by atoms with Crippen molar-refractivity contribution in [3.63, 3.8) is 0 Å². The number of anilines is 1. The zero-order valence-corrected chi connectivity index (χ0v) is 10.0. The summed E-state index contributed by atoms with van der Waals surface area (Å²) in [6, 6.07) is 5.04. The van der Waals surface area contributed by atoms with E-state index in [9.17, 15) is 10.1 Å². The van der Waals surface area contributed by atoms with Crippen molar-refractivity contribution in [1.29, 1.82) is 0 Å². The van der Waals surface area contributed by atoms with Crippen LogP contribution in [0.15, 0.2) is 36.9 Å². The van der Waals surface area contributed by atoms with Crippen LogP contribution in [0.5, 0.6) is 0 Å². The maximum absolute atomic E-state index is 10.9. The molecule has 0 unspecified atom stereocenters. The predicted octanol–water partition coefficient (Wildman–Crippen LogP) is 2.21. The number of hydrogen-bond acceptors (Lipinski definition) is 4. The van der Waals surface area contributed by atoms with Gasteiger partial charge in [-0.05, 0) is 18.6 Å². The molecule has 94 valence electrons. The Bertz CT molecular complexity index is 537. The third-order valence-electron chi connectivity index (χ3n) is 2.59. The molecule has 0 fully saturated rings. The highest BCUT2D eigenvalue weighted by Gasteiger charge is 2.12. The first kappa shape index (κ1) is 12.1. The number of nitrogens with one attached hydrogen (secondary N) is 1. The Morgan fingerprint density at radius 1 is 1.50 bits per heavy atom. The van der Waals surface area contributed by atoms with E-state index in [2.05, 4.69) is 10.3 Å². The molecule has 2 aromatic rings. The van der Waals surface area contributed by atoms with Gasteiger partial charge < -0.3 is 9.88 Å². The van der Waals surface area contributed by atoms with Gasteiger partial charge in [0.1, 0.15) is 5.69 Å². The molecule has 0 aliphatic rings. The van der Waals surface area contributed by atoms with E-state index in [1.807, 2.05) is 17.7 Å². The van der Waals surface area contributed by atoms with Gasteiger partial charge in [0, 0.05) is 31.5 Å². The summed E-state index contributed by atoms with van der Waals surface area (Å²) in [7, 11) is 0. The molecule has 0 aliphatic carbocycles. The highest BCUT2D eigenvalue weighted by molar-refractivity contribution is 5.62. The van der Waals surface area contributed by atoms with Crippen molar-refractivity contribution in [3.05, 3.63) is 52.6 Å². The Labute approximate surface area is 104 Å². The molecule has 0 aliphatic heterocycles. The summed E-state index contributed by atoms with van der Waals surface area (Å²) in [5.41, 5.74) is 1.65. The van der Waals surface area contributed by atoms with Crippen molar-refractivity contribution >= 4 is 11.4 Å². The van der Waals surface area contributed by atoms with Crippen LogP contribution >= 0.6 is 0 Å². The van der Waals surface area contributed by atoms with Gasteiger partial charge in [0.25, 0.3) is 5.69 Å². The maximum atomic E-state index is 10.9. The van der Waals surface area contributed by atoms with Crippen molar-refractivity contribution in [3.8, 4) is 0 Å². The predicted molar refractivity (Wildman–Crippen MR) is 68.6 cm³/mol. The van der Waals surface area contributed by atoms with E-state index < -0.39 is 0 Å². The van der Waals surface area contributed by atoms with Crippen LogP contribution in [0.25, 0.3) is 0 Å². The van der Waals surface area contributed by atoms with E-state index in [-0.39, 0.29) is 10.6 Å². The number of aryl methyl sites for hydroxylation is 1. The Hall–Kier alpha value is -2.37. The van der Waals surface area contributed by atoms with Gasteiger partial charge in [-0.2, -0.15) is 0 Å². The molecule has 1 aromatic heterocycles. The van der Waals surface area contributed by atoms with Crippen molar-refractivity contribution in [2.75, 3.05) is 11.9 Å². The first-order valence-electron chi connectivity index (χ1n) is 5.61. The van der Waals surface area contributed by atoms with Gasteiger partial charge in [-0.25, -0.2) is 4.98 Å². The number of rotatable bonds is 5. The fraction of sp³-hybridized carbons (Fsp3) is 0.250. The summed E-state index contributed by atoms with van der Waals surface area (Å²) < 4.78 is 1.91. The molecule has 18 heavy (non-hydrogen) atoms. The summed E-state index contributed by atoms with van der Waals surface area (Å²) in [5, 5.41) is 14.0. The molecule has 6 nitrogen and oxygen atoms in total. The number of nitro groups is 1. The highest BCUT2D eigenvalue weighted by atomic mass is 16.6. The quantitative estimate of drug-likeness (QED) is 0.648. The van der Waals surface area contributed by atoms with Crippen LogP contribution in [0.3, 0.4) is 0 Å². The lowest BCUT2D eigenvalue weighted by Crippen LogP contribution is -2.10. The summed E-state index contributed by atoms with van der Waals surface area (Å²) in [6.45, 7) is 3.23. The zero-order valence-electron chi connectivity index (χ0n) is 10.0. The van der Waals surface area contributed by atoms with Crippen molar-refractivity contribution < 1.29 is 4.92 Å². The Kier molecular flexibility index (Phi) is 3.57. The second-order valence-corrected chi connectivity index (χ2v) is 4.00. The molecule has 6 heteroatoms. The summed E-state index contributed by atoms with van der Waals surface area (Å²) in [5.74, 6) is 0. The summed E-state index contributed by atoms with van der Waals surface area (Å²) in [6.07, 6.45) is 5.27. The normalized spacial score (nSPS) is 10.3. The molecule has 0 saturated heterocycles. The molecular weight excluding hydrogens is 232 g/mol. The number of imidazole rings is 1. The Morgan fingerprint density at radius 3 is 3.00 bits per heavy atom. The van der Waals surface area contributed by atoms with Gasteiger partial charge in [-0.3, -0.25) is 10.1 Å². The summed E-state index contributed by atoms with van der Waals surface area (Å²) >= 11 is 0. The first-order valence-corrected chi connectivity index (χ1v) is 5.61. The monoisotopic (exact) mass is 246 g/mol. The lowest BCUT2D eigenvalue weighted by atomic mass is 10.2. The minimum Gasteiger partial charge on any atom is -0.378 e. The Balaban J connectivity index is 2.03. The molecule has 0 saturated carbocycles. The molecule has 1 aromatic carbocycles. The van der Waals surface area contributed by atoms with E-state index in [4.69, 9.17) is 0 Å². The third kappa shape index (κ3) is 2.85. The van der Waals surface area contributed by atoms with Crippen LogP contribution in [0.2, 0.25) is 0 Å². The molecular formula is C12H14N4O2. The maximum Gasteiger partial charge on any atom is 0.292 e. The minimum absolute atomic E-state index is 0.103. The topological polar surface area (TPSA) is 73.0 Å². The smallest absolute Gasteiger partial charge is 0.292 e. The molecule has 1 heterocycles. The largest absolute Gasteiger partial charge is 0.378 e. The van der Waals surface area contributed by atoms with Crippen LogP contribution in [-0.2, 0) is 6.54 Å². The van der Waals surface area contributed by atoms with Crippen molar-refractivity contribution in [2.45, 2.75) is 13.5 Å². The van der Waals surface area contributed by atoms with Gasteiger partial charge in [-0.15, -0.1) is 0 Å². The molecule has 0 radical (unpaired) electrons. The van der Waals surface area contributed by atoms with Gasteiger partial charge in [0.05, 0.1) is 11.3 Å². The van der Waals surface area contributed by atoms with E-state index >= 15 is 0 Å². The number of aromatic nitrogens is 2. The average molecular weight is 246 g/mol. The second kappa shape index (κ2) is 5.31. The standard InChI is InChI=1S/C12H14N4O2/c1-10-2-3-12(16(17)18)11(8-10)14-5-7-15-6-4-13-9-15/h2-4,6,8-9,14H,5,7H2,1H3. The lowest BCUT2D eigenvalue weighted by Gasteiger charge is -2.08. The molecule has 1 N–H and O–H groups in total. The van der Waals surface area contributed by atoms with Crippen LogP contribution in [0.4, 0.5) is 11.4 Å². The lowest BCUT2D eigenvalue weighted by molar-refractivity contribution is -0.384. The van der Waals surface area contributed by atoms with E-state index in [0.717, 1.165) is 5.56 Å². The molecule has 2 rings (SSSR count). The molecule has 0 amide bonds. The van der Waals surface area contributed by atoms with Crippen LogP contribution < -0.4 is 5.32 Å². The fourth-order valence-electron chi connectivity index (χ4n) is 1.69. The second-order valence-electron chi connectivity index (χ2n) is 4.00. The number of benzene rings is 1. The number of hydrogen-bond donors (Lipinski definition) is 1. The van der Waals surface area contributed by atoms with Gasteiger partial charge in [0.2, 0.25) is 0 Å². The first-order chi connectivity index (χ1) is 8.66. The number of nitro benzene ring substituents is 1. The average Bonchev–Trinajstić information content (AvgIpc) is 2.82. The van der Waals surface area contributed by atoms with Gasteiger partial charge in [-0.1, -0.05) is 6.07 Å².